The molecule has 18 heavy (non-hydrogen) atoms. The molecule has 6 nitrogen and oxygen atoms in total. The molecule has 2 heterocycles. The third-order valence-corrected chi connectivity index (χ3v) is 2.98. The molecule has 4 N–H and O–H groups in total. The van der Waals surface area contributed by atoms with Crippen molar-refractivity contribution < 1.29 is 14.3 Å². The van der Waals surface area contributed by atoms with E-state index in [0.29, 0.717) is 30.2 Å². The summed E-state index contributed by atoms with van der Waals surface area (Å²) in [6, 6.07) is 5.28. The maximum absolute atomic E-state index is 12.0. The number of ether oxygens (including phenoxy) is 2. The van der Waals surface area contributed by atoms with Crippen LogP contribution in [-0.2, 0) is 20.1 Å². The number of hydrogen-bond acceptors (Lipinski definition) is 4. The van der Waals surface area contributed by atoms with Crippen LogP contribution in [0.2, 0.25) is 0 Å². The quantitative estimate of drug-likeness (QED) is 0.641. The van der Waals surface area contributed by atoms with Crippen LogP contribution >= 0.6 is 12.2 Å². The van der Waals surface area contributed by atoms with Gasteiger partial charge < -0.3 is 25.8 Å². The van der Waals surface area contributed by atoms with Gasteiger partial charge in [-0.05, 0) is 30.4 Å². The molecule has 0 unspecified atom stereocenters. The van der Waals surface area contributed by atoms with Crippen molar-refractivity contribution in [2.24, 2.45) is 5.73 Å². The Balaban J connectivity index is 2.05. The molecule has 0 bridgehead atoms. The Morgan fingerprint density at radius 2 is 2.17 bits per heavy atom. The average molecular weight is 265 g/mol. The van der Waals surface area contributed by atoms with Crippen LogP contribution in [0, 0.1) is 0 Å². The van der Waals surface area contributed by atoms with Gasteiger partial charge in [0.2, 0.25) is 0 Å². The van der Waals surface area contributed by atoms with Gasteiger partial charge in [0.1, 0.15) is 0 Å². The van der Waals surface area contributed by atoms with Crippen molar-refractivity contribution in [2.75, 3.05) is 23.8 Å². The maximum Gasteiger partial charge on any atom is 0.289 e. The van der Waals surface area contributed by atoms with Crippen LogP contribution < -0.4 is 16.4 Å². The van der Waals surface area contributed by atoms with E-state index < -0.39 is 5.79 Å². The molecule has 0 radical (unpaired) electrons. The maximum atomic E-state index is 12.0. The van der Waals surface area contributed by atoms with Gasteiger partial charge in [0, 0.05) is 11.3 Å². The van der Waals surface area contributed by atoms with Gasteiger partial charge in [-0.15, -0.1) is 0 Å². The van der Waals surface area contributed by atoms with Crippen LogP contribution in [0.5, 0.6) is 0 Å². The summed E-state index contributed by atoms with van der Waals surface area (Å²) in [6.45, 7) is 0.777. The van der Waals surface area contributed by atoms with E-state index in [1.54, 1.807) is 18.2 Å². The molecule has 2 aliphatic heterocycles. The zero-order chi connectivity index (χ0) is 12.8. The highest BCUT2D eigenvalue weighted by atomic mass is 32.1. The van der Waals surface area contributed by atoms with E-state index in [9.17, 15) is 4.79 Å². The number of thiocarbonyl (C=S) groups is 1. The number of anilines is 2. The minimum absolute atomic E-state index is 0.162. The second-order valence-electron chi connectivity index (χ2n) is 4.02. The summed E-state index contributed by atoms with van der Waals surface area (Å²) >= 11 is 4.78. The molecule has 1 aromatic rings. The lowest BCUT2D eigenvalue weighted by Gasteiger charge is -2.19. The van der Waals surface area contributed by atoms with Gasteiger partial charge in [-0.25, -0.2) is 0 Å². The summed E-state index contributed by atoms with van der Waals surface area (Å²) in [6.07, 6.45) is 0. The number of amides is 1. The first-order valence-electron chi connectivity index (χ1n) is 5.42. The van der Waals surface area contributed by atoms with Gasteiger partial charge in [0.05, 0.1) is 18.9 Å². The van der Waals surface area contributed by atoms with Gasteiger partial charge in [-0.1, -0.05) is 0 Å². The molecule has 0 aromatic heterocycles. The molecule has 94 valence electrons. The molecule has 1 amide bonds. The fraction of sp³-hybridized carbons (Fsp3) is 0.273. The highest BCUT2D eigenvalue weighted by Crippen LogP contribution is 2.43. The predicted octanol–water partition coefficient (Wildman–Crippen LogP) is 0.494. The highest BCUT2D eigenvalue weighted by Gasteiger charge is 2.52. The van der Waals surface area contributed by atoms with Crippen LogP contribution in [-0.4, -0.2) is 24.2 Å². The molecule has 0 saturated carbocycles. The molecular formula is C11H11N3O3S. The summed E-state index contributed by atoms with van der Waals surface area (Å²) in [5, 5.41) is 5.71. The van der Waals surface area contributed by atoms with Gasteiger partial charge >= 0.3 is 0 Å². The third kappa shape index (κ3) is 1.56. The summed E-state index contributed by atoms with van der Waals surface area (Å²) in [7, 11) is 0. The molecular weight excluding hydrogens is 254 g/mol. The number of nitrogens with two attached hydrogens (primary N) is 1. The first-order valence-corrected chi connectivity index (χ1v) is 5.83. The minimum atomic E-state index is -1.32. The van der Waals surface area contributed by atoms with E-state index in [1.165, 1.54) is 0 Å². The van der Waals surface area contributed by atoms with Crippen molar-refractivity contribution in [1.29, 1.82) is 0 Å². The zero-order valence-corrected chi connectivity index (χ0v) is 10.2. The zero-order valence-electron chi connectivity index (χ0n) is 9.36. The minimum Gasteiger partial charge on any atom is -0.376 e. The van der Waals surface area contributed by atoms with Crippen LogP contribution in [0.3, 0.4) is 0 Å². The second kappa shape index (κ2) is 3.91. The lowest BCUT2D eigenvalue weighted by Crippen LogP contribution is -2.35. The fourth-order valence-corrected chi connectivity index (χ4v) is 2.29. The summed E-state index contributed by atoms with van der Waals surface area (Å²) in [5.74, 6) is -1.62. The van der Waals surface area contributed by atoms with Crippen molar-refractivity contribution in [3.8, 4) is 0 Å². The van der Waals surface area contributed by atoms with E-state index in [-0.39, 0.29) is 11.0 Å². The van der Waals surface area contributed by atoms with Crippen molar-refractivity contribution in [3.63, 3.8) is 0 Å². The lowest BCUT2D eigenvalue weighted by molar-refractivity contribution is -0.178. The van der Waals surface area contributed by atoms with Crippen molar-refractivity contribution in [2.45, 2.75) is 5.79 Å². The van der Waals surface area contributed by atoms with Gasteiger partial charge in [-0.3, -0.25) is 4.79 Å². The fourth-order valence-electron chi connectivity index (χ4n) is 2.17. The van der Waals surface area contributed by atoms with E-state index in [1.807, 2.05) is 0 Å². The Labute approximate surface area is 108 Å². The lowest BCUT2D eigenvalue weighted by atomic mass is 10.1. The SMILES string of the molecule is NC(=S)Nc1ccc2c(c1)C1(OCCO1)C(=O)N2. The second-order valence-corrected chi connectivity index (χ2v) is 4.46. The number of fused-ring (bicyclic) bond motifs is 2. The first kappa shape index (κ1) is 11.4. The highest BCUT2D eigenvalue weighted by molar-refractivity contribution is 7.80. The van der Waals surface area contributed by atoms with E-state index >= 15 is 0 Å². The monoisotopic (exact) mass is 265 g/mol. The van der Waals surface area contributed by atoms with Crippen molar-refractivity contribution >= 4 is 34.6 Å². The van der Waals surface area contributed by atoms with Crippen LogP contribution in [0.1, 0.15) is 5.56 Å². The molecule has 2 aliphatic rings. The summed E-state index contributed by atoms with van der Waals surface area (Å²) in [5.41, 5.74) is 7.43. The topological polar surface area (TPSA) is 85.6 Å². The average Bonchev–Trinajstić information content (AvgIpc) is 2.89. The Kier molecular flexibility index (Phi) is 2.47. The molecule has 1 saturated heterocycles. The molecule has 7 heteroatoms. The molecule has 1 aromatic carbocycles. The van der Waals surface area contributed by atoms with E-state index in [0.717, 1.165) is 0 Å². The van der Waals surface area contributed by atoms with Crippen LogP contribution in [0.25, 0.3) is 0 Å². The largest absolute Gasteiger partial charge is 0.376 e. The number of benzene rings is 1. The number of carbonyl (C=O) groups excluding carboxylic acids is 1. The normalized spacial score (nSPS) is 19.7. The van der Waals surface area contributed by atoms with Crippen LogP contribution in [0.4, 0.5) is 11.4 Å². The summed E-state index contributed by atoms with van der Waals surface area (Å²) < 4.78 is 10.9. The molecule has 0 atom stereocenters. The van der Waals surface area contributed by atoms with E-state index in [2.05, 4.69) is 10.6 Å². The van der Waals surface area contributed by atoms with E-state index in [4.69, 9.17) is 27.4 Å². The third-order valence-electron chi connectivity index (χ3n) is 2.88. The predicted molar refractivity (Wildman–Crippen MR) is 69.1 cm³/mol. The summed E-state index contributed by atoms with van der Waals surface area (Å²) in [4.78, 5) is 12.0. The van der Waals surface area contributed by atoms with Crippen molar-refractivity contribution in [3.05, 3.63) is 23.8 Å². The standard InChI is InChI=1S/C11H11N3O3S/c12-10(18)13-6-1-2-8-7(5-6)11(9(15)14-8)16-3-4-17-11/h1-2,5H,3-4H2,(H,14,15)(H3,12,13,18). The number of carbonyl (C=O) groups is 1. The Bertz CT molecular complexity index is 540. The van der Waals surface area contributed by atoms with Gasteiger partial charge in [0.15, 0.2) is 5.11 Å². The van der Waals surface area contributed by atoms with Gasteiger partial charge in [-0.2, -0.15) is 0 Å². The van der Waals surface area contributed by atoms with Crippen LogP contribution in [0.15, 0.2) is 18.2 Å². The molecule has 1 fully saturated rings. The smallest absolute Gasteiger partial charge is 0.289 e. The van der Waals surface area contributed by atoms with Crippen molar-refractivity contribution in [1.82, 2.24) is 0 Å². The number of rotatable bonds is 1. The first-order chi connectivity index (χ1) is 8.62. The number of nitrogens with one attached hydrogen (secondary N) is 2. The Morgan fingerprint density at radius 1 is 1.44 bits per heavy atom. The molecule has 3 rings (SSSR count). The Hall–Kier alpha value is -1.70. The Morgan fingerprint density at radius 3 is 2.83 bits per heavy atom. The van der Waals surface area contributed by atoms with Gasteiger partial charge in [0.25, 0.3) is 11.7 Å². The molecule has 1 spiro atoms. The molecule has 0 aliphatic carbocycles. The number of hydrogen-bond donors (Lipinski definition) is 3.